The summed E-state index contributed by atoms with van der Waals surface area (Å²) in [6, 6.07) is 8.71. The summed E-state index contributed by atoms with van der Waals surface area (Å²) >= 11 is 0. The summed E-state index contributed by atoms with van der Waals surface area (Å²) in [5.74, 6) is 5.36. The van der Waals surface area contributed by atoms with E-state index in [4.69, 9.17) is 0 Å². The number of hydrogen-bond donors (Lipinski definition) is 0. The van der Waals surface area contributed by atoms with Crippen molar-refractivity contribution in [3.05, 3.63) is 35.4 Å². The zero-order valence-corrected chi connectivity index (χ0v) is 17.4. The predicted molar refractivity (Wildman–Crippen MR) is 110 cm³/mol. The Morgan fingerprint density at radius 3 is 1.17 bits per heavy atom. The average Bonchev–Trinajstić information content (AvgIpc) is 2.58. The quantitative estimate of drug-likeness (QED) is 0.489. The van der Waals surface area contributed by atoms with Crippen LogP contribution in [0.2, 0.25) is 0 Å². The van der Waals surface area contributed by atoms with Gasteiger partial charge in [0.05, 0.1) is 0 Å². The van der Waals surface area contributed by atoms with E-state index in [1.165, 1.54) is 34.8 Å². The highest BCUT2D eigenvalue weighted by Crippen LogP contribution is 2.53. The average molecular weight is 331 g/mol. The Hall–Kier alpha value is -0.780. The van der Waals surface area contributed by atoms with Crippen molar-refractivity contribution in [3.63, 3.8) is 0 Å². The first-order valence-electron chi connectivity index (χ1n) is 10.7. The Bertz CT molecular complexity index is 369. The molecule has 0 spiro atoms. The topological polar surface area (TPSA) is 0 Å². The lowest BCUT2D eigenvalue weighted by molar-refractivity contribution is 0.0198. The van der Waals surface area contributed by atoms with Crippen molar-refractivity contribution >= 4 is 0 Å². The van der Waals surface area contributed by atoms with Crippen molar-refractivity contribution < 1.29 is 0 Å². The predicted octanol–water partition coefficient (Wildman–Crippen LogP) is 8.00. The van der Waals surface area contributed by atoms with Gasteiger partial charge in [-0.05, 0) is 80.6 Å². The van der Waals surface area contributed by atoms with Crippen LogP contribution in [0.5, 0.6) is 0 Å². The standard InChI is InChI=1S/C10H16.C10H14.2C2H6/c1-7-2-9-4-8(1)5-10(3-7)6-9;1-8(2)10-6-4-9(3)5-7-10;2*1-2/h7-10H,1-6H2;4-8H,1-3H3;2*1-2H3. The van der Waals surface area contributed by atoms with E-state index in [2.05, 4.69) is 45.0 Å². The third-order valence-corrected chi connectivity index (χ3v) is 5.74. The molecule has 4 bridgehead atoms. The van der Waals surface area contributed by atoms with Gasteiger partial charge in [0, 0.05) is 0 Å². The minimum Gasteiger partial charge on any atom is -0.0683 e. The molecule has 0 unspecified atom stereocenters. The Morgan fingerprint density at radius 2 is 0.917 bits per heavy atom. The van der Waals surface area contributed by atoms with Crippen LogP contribution in [0.15, 0.2) is 24.3 Å². The summed E-state index contributed by atoms with van der Waals surface area (Å²) in [4.78, 5) is 0. The van der Waals surface area contributed by atoms with E-state index in [-0.39, 0.29) is 0 Å². The second-order valence-corrected chi connectivity index (χ2v) is 7.94. The Balaban J connectivity index is 0.000000199. The van der Waals surface area contributed by atoms with Gasteiger partial charge >= 0.3 is 0 Å². The van der Waals surface area contributed by atoms with Crippen molar-refractivity contribution in [2.24, 2.45) is 23.7 Å². The van der Waals surface area contributed by atoms with Crippen LogP contribution in [-0.2, 0) is 0 Å². The molecule has 1 aromatic carbocycles. The van der Waals surface area contributed by atoms with E-state index < -0.39 is 0 Å². The summed E-state index contributed by atoms with van der Waals surface area (Å²) in [6.45, 7) is 14.5. The smallest absolute Gasteiger partial charge is 0.0219 e. The first-order valence-corrected chi connectivity index (χ1v) is 10.7. The number of benzene rings is 1. The molecular weight excluding hydrogens is 288 g/mol. The van der Waals surface area contributed by atoms with Gasteiger partial charge in [-0.15, -0.1) is 0 Å². The van der Waals surface area contributed by atoms with Gasteiger partial charge in [-0.1, -0.05) is 71.4 Å². The van der Waals surface area contributed by atoms with E-state index in [9.17, 15) is 0 Å². The summed E-state index contributed by atoms with van der Waals surface area (Å²) in [6.07, 6.45) is 9.62. The molecule has 4 aliphatic rings. The summed E-state index contributed by atoms with van der Waals surface area (Å²) in [5.41, 5.74) is 2.76. The maximum atomic E-state index is 2.21. The highest BCUT2D eigenvalue weighted by atomic mass is 14.5. The summed E-state index contributed by atoms with van der Waals surface area (Å²) < 4.78 is 0. The highest BCUT2D eigenvalue weighted by molar-refractivity contribution is 5.23. The molecular formula is C24H42. The number of aryl methyl sites for hydroxylation is 1. The highest BCUT2D eigenvalue weighted by Gasteiger charge is 2.41. The van der Waals surface area contributed by atoms with Gasteiger partial charge in [0.15, 0.2) is 0 Å². The largest absolute Gasteiger partial charge is 0.0683 e. The number of rotatable bonds is 1. The van der Waals surface area contributed by atoms with Crippen LogP contribution in [0.1, 0.15) is 97.1 Å². The molecule has 0 N–H and O–H groups in total. The third kappa shape index (κ3) is 6.26. The van der Waals surface area contributed by atoms with Gasteiger partial charge < -0.3 is 0 Å². The molecule has 0 atom stereocenters. The van der Waals surface area contributed by atoms with E-state index in [0.29, 0.717) is 5.92 Å². The molecule has 4 saturated carbocycles. The molecule has 0 saturated heterocycles. The van der Waals surface area contributed by atoms with Gasteiger partial charge in [0.1, 0.15) is 0 Å². The van der Waals surface area contributed by atoms with Crippen LogP contribution in [0.3, 0.4) is 0 Å². The lowest BCUT2D eigenvalue weighted by Gasteiger charge is -2.49. The lowest BCUT2D eigenvalue weighted by Crippen LogP contribution is -2.38. The fourth-order valence-corrected chi connectivity index (χ4v) is 4.93. The minimum absolute atomic E-state index is 0.653. The third-order valence-electron chi connectivity index (χ3n) is 5.74. The molecule has 0 aromatic heterocycles. The van der Waals surface area contributed by atoms with E-state index in [1.54, 1.807) is 38.5 Å². The molecule has 0 aliphatic heterocycles. The van der Waals surface area contributed by atoms with Gasteiger partial charge in [0.2, 0.25) is 0 Å². The fraction of sp³-hybridized carbons (Fsp3) is 0.750. The van der Waals surface area contributed by atoms with Crippen LogP contribution in [-0.4, -0.2) is 0 Å². The monoisotopic (exact) mass is 330 g/mol. The maximum absolute atomic E-state index is 2.21. The van der Waals surface area contributed by atoms with Crippen LogP contribution in [0.4, 0.5) is 0 Å². The molecule has 0 radical (unpaired) electrons. The minimum atomic E-state index is 0.653. The second-order valence-electron chi connectivity index (χ2n) is 7.94. The lowest BCUT2D eigenvalue weighted by atomic mass is 9.56. The van der Waals surface area contributed by atoms with Crippen LogP contribution in [0, 0.1) is 30.6 Å². The molecule has 0 nitrogen and oxygen atoms in total. The van der Waals surface area contributed by atoms with E-state index in [0.717, 1.165) is 0 Å². The first-order chi connectivity index (χ1) is 11.6. The van der Waals surface area contributed by atoms with Crippen LogP contribution < -0.4 is 0 Å². The summed E-state index contributed by atoms with van der Waals surface area (Å²) in [7, 11) is 0. The van der Waals surface area contributed by atoms with Crippen molar-refractivity contribution in [1.29, 1.82) is 0 Å². The molecule has 4 fully saturated rings. The molecule has 0 amide bonds. The molecule has 1 aromatic rings. The molecule has 0 heteroatoms. The Morgan fingerprint density at radius 1 is 0.625 bits per heavy atom. The Labute approximate surface area is 152 Å². The van der Waals surface area contributed by atoms with Crippen molar-refractivity contribution in [2.45, 2.75) is 92.9 Å². The molecule has 138 valence electrons. The number of hydrogen-bond acceptors (Lipinski definition) is 0. The van der Waals surface area contributed by atoms with Gasteiger partial charge in [-0.2, -0.15) is 0 Å². The van der Waals surface area contributed by atoms with Crippen LogP contribution >= 0.6 is 0 Å². The zero-order chi connectivity index (χ0) is 18.1. The molecule has 4 aliphatic carbocycles. The SMILES string of the molecule is C1C2CC3CC1CC(C2)C3.CC.CC.Cc1ccc(C(C)C)cc1. The molecule has 24 heavy (non-hydrogen) atoms. The van der Waals surface area contributed by atoms with Gasteiger partial charge in [0.25, 0.3) is 0 Å². The van der Waals surface area contributed by atoms with Crippen molar-refractivity contribution in [1.82, 2.24) is 0 Å². The van der Waals surface area contributed by atoms with Crippen molar-refractivity contribution in [2.75, 3.05) is 0 Å². The van der Waals surface area contributed by atoms with Gasteiger partial charge in [-0.25, -0.2) is 0 Å². The summed E-state index contributed by atoms with van der Waals surface area (Å²) in [5, 5.41) is 0. The normalized spacial score (nSPS) is 28.8. The fourth-order valence-electron chi connectivity index (χ4n) is 4.93. The Kier molecular flexibility index (Phi) is 9.71. The second kappa shape index (κ2) is 11.0. The molecule has 0 heterocycles. The molecule has 5 rings (SSSR count). The first kappa shape index (κ1) is 21.3. The van der Waals surface area contributed by atoms with Crippen molar-refractivity contribution in [3.8, 4) is 0 Å². The van der Waals surface area contributed by atoms with Crippen LogP contribution in [0.25, 0.3) is 0 Å². The van der Waals surface area contributed by atoms with Gasteiger partial charge in [-0.3, -0.25) is 0 Å². The van der Waals surface area contributed by atoms with E-state index in [1.807, 2.05) is 27.7 Å². The van der Waals surface area contributed by atoms with E-state index >= 15 is 0 Å². The zero-order valence-electron chi connectivity index (χ0n) is 17.4. The maximum Gasteiger partial charge on any atom is -0.0219 e.